The number of hydrogen-bond donors (Lipinski definition) is 1. The molecule has 0 aromatic carbocycles. The summed E-state index contributed by atoms with van der Waals surface area (Å²) in [6.45, 7) is 4.50. The molecule has 0 aliphatic carbocycles. The van der Waals surface area contributed by atoms with Gasteiger partial charge in [-0.15, -0.1) is 0 Å². The monoisotopic (exact) mass is 209 g/mol. The summed E-state index contributed by atoms with van der Waals surface area (Å²) < 4.78 is 9.81. The highest BCUT2D eigenvalue weighted by atomic mass is 16.8. The van der Waals surface area contributed by atoms with Crippen LogP contribution < -0.4 is 0 Å². The molecule has 0 spiro atoms. The summed E-state index contributed by atoms with van der Waals surface area (Å²) in [5.41, 5.74) is 0.130. The normalized spacial score (nSPS) is 20.4. The van der Waals surface area contributed by atoms with Gasteiger partial charge >= 0.3 is 5.97 Å². The summed E-state index contributed by atoms with van der Waals surface area (Å²) in [6.07, 6.45) is 1.22. The first-order chi connectivity index (χ1) is 6.85. The third-order valence-corrected chi connectivity index (χ3v) is 1.67. The van der Waals surface area contributed by atoms with Crippen LogP contribution in [0.15, 0.2) is 23.2 Å². The van der Waals surface area contributed by atoms with Gasteiger partial charge in [0.15, 0.2) is 0 Å². The summed E-state index contributed by atoms with van der Waals surface area (Å²) in [6, 6.07) is 1.83. The number of carbonyl (C=O) groups is 1. The van der Waals surface area contributed by atoms with Crippen LogP contribution in [0.25, 0.3) is 0 Å². The molecule has 5 heteroatoms. The van der Waals surface area contributed by atoms with Crippen molar-refractivity contribution in [2.24, 2.45) is 0 Å². The molecule has 5 nitrogen and oxygen atoms in total. The van der Waals surface area contributed by atoms with Gasteiger partial charge in [0, 0.05) is 19.4 Å². The Morgan fingerprint density at radius 3 is 2.60 bits per heavy atom. The maximum absolute atomic E-state index is 11.4. The highest BCUT2D eigenvalue weighted by molar-refractivity contribution is 5.92. The fraction of sp³-hybridized carbons (Fsp3) is 0.400. The number of ether oxygens (including phenoxy) is 2. The van der Waals surface area contributed by atoms with Crippen molar-refractivity contribution in [2.75, 3.05) is 0 Å². The average Bonchev–Trinajstić information content (AvgIpc) is 2.09. The van der Waals surface area contributed by atoms with E-state index in [0.29, 0.717) is 0 Å². The van der Waals surface area contributed by atoms with E-state index in [9.17, 15) is 9.90 Å². The SMILES string of the molecule is CC(C#N)=CC1=C(O)OC(C)(C)OC1=O. The molecule has 0 fully saturated rings. The van der Waals surface area contributed by atoms with Crippen LogP contribution in [0.2, 0.25) is 0 Å². The van der Waals surface area contributed by atoms with Gasteiger partial charge in [-0.1, -0.05) is 0 Å². The van der Waals surface area contributed by atoms with Gasteiger partial charge < -0.3 is 14.6 Å². The zero-order chi connectivity index (χ0) is 11.6. The Hall–Kier alpha value is -1.96. The fourth-order valence-electron chi connectivity index (χ4n) is 1.04. The molecule has 1 aliphatic rings. The van der Waals surface area contributed by atoms with Crippen LogP contribution in [-0.2, 0) is 14.3 Å². The van der Waals surface area contributed by atoms with Crippen LogP contribution in [0.5, 0.6) is 0 Å². The van der Waals surface area contributed by atoms with E-state index in [0.717, 1.165) is 0 Å². The highest BCUT2D eigenvalue weighted by Gasteiger charge is 2.35. The summed E-state index contributed by atoms with van der Waals surface area (Å²) in [5, 5.41) is 17.9. The van der Waals surface area contributed by atoms with Crippen LogP contribution >= 0.6 is 0 Å². The molecule has 0 saturated heterocycles. The first-order valence-electron chi connectivity index (χ1n) is 4.30. The summed E-state index contributed by atoms with van der Waals surface area (Å²) in [5.74, 6) is -2.41. The number of carbonyl (C=O) groups excluding carboxylic acids is 1. The second-order valence-corrected chi connectivity index (χ2v) is 3.55. The minimum Gasteiger partial charge on any atom is -0.480 e. The van der Waals surface area contributed by atoms with Gasteiger partial charge in [0.25, 0.3) is 11.7 Å². The van der Waals surface area contributed by atoms with E-state index in [-0.39, 0.29) is 11.1 Å². The van der Waals surface area contributed by atoms with E-state index in [2.05, 4.69) is 0 Å². The third-order valence-electron chi connectivity index (χ3n) is 1.67. The number of esters is 1. The van der Waals surface area contributed by atoms with Gasteiger partial charge in [0.05, 0.1) is 6.07 Å². The number of hydrogen-bond acceptors (Lipinski definition) is 5. The first kappa shape index (κ1) is 11.1. The van der Waals surface area contributed by atoms with Crippen molar-refractivity contribution >= 4 is 5.97 Å². The van der Waals surface area contributed by atoms with E-state index >= 15 is 0 Å². The summed E-state index contributed by atoms with van der Waals surface area (Å²) >= 11 is 0. The molecule has 1 N–H and O–H groups in total. The molecule has 0 saturated carbocycles. The van der Waals surface area contributed by atoms with Gasteiger partial charge in [0.2, 0.25) is 0 Å². The predicted octanol–water partition coefficient (Wildman–Crippen LogP) is 1.54. The number of allylic oxidation sites excluding steroid dienone is 1. The zero-order valence-electron chi connectivity index (χ0n) is 8.70. The van der Waals surface area contributed by atoms with Crippen molar-refractivity contribution < 1.29 is 19.4 Å². The van der Waals surface area contributed by atoms with Crippen molar-refractivity contribution in [3.8, 4) is 6.07 Å². The number of cyclic esters (lactones) is 1. The van der Waals surface area contributed by atoms with Gasteiger partial charge in [-0.2, -0.15) is 5.26 Å². The second-order valence-electron chi connectivity index (χ2n) is 3.55. The van der Waals surface area contributed by atoms with E-state index in [1.807, 2.05) is 6.07 Å². The number of aliphatic hydroxyl groups excluding tert-OH is 1. The average molecular weight is 209 g/mol. The van der Waals surface area contributed by atoms with Crippen LogP contribution in [-0.4, -0.2) is 16.9 Å². The minimum atomic E-state index is -1.18. The maximum atomic E-state index is 11.4. The lowest BCUT2D eigenvalue weighted by molar-refractivity contribution is -0.221. The van der Waals surface area contributed by atoms with Crippen molar-refractivity contribution in [3.05, 3.63) is 23.2 Å². The quantitative estimate of drug-likeness (QED) is 0.523. The molecular weight excluding hydrogens is 198 g/mol. The van der Waals surface area contributed by atoms with Crippen molar-refractivity contribution in [3.63, 3.8) is 0 Å². The minimum absolute atomic E-state index is 0.145. The molecule has 0 radical (unpaired) electrons. The fourth-order valence-corrected chi connectivity index (χ4v) is 1.04. The maximum Gasteiger partial charge on any atom is 0.348 e. The van der Waals surface area contributed by atoms with E-state index < -0.39 is 17.7 Å². The Morgan fingerprint density at radius 1 is 1.53 bits per heavy atom. The van der Waals surface area contributed by atoms with Gasteiger partial charge in [-0.3, -0.25) is 0 Å². The largest absolute Gasteiger partial charge is 0.480 e. The summed E-state index contributed by atoms with van der Waals surface area (Å²) in [4.78, 5) is 11.4. The molecule has 1 rings (SSSR count). The van der Waals surface area contributed by atoms with E-state index in [4.69, 9.17) is 14.7 Å². The van der Waals surface area contributed by atoms with Crippen LogP contribution in [0.4, 0.5) is 0 Å². The molecule has 0 aromatic heterocycles. The third kappa shape index (κ3) is 2.50. The van der Waals surface area contributed by atoms with E-state index in [1.54, 1.807) is 0 Å². The lowest BCUT2D eigenvalue weighted by Crippen LogP contribution is -2.36. The molecule has 0 bridgehead atoms. The number of aliphatic hydroxyl groups is 1. The molecule has 1 heterocycles. The smallest absolute Gasteiger partial charge is 0.348 e. The lowest BCUT2D eigenvalue weighted by atomic mass is 10.1. The Bertz CT molecular complexity index is 398. The standard InChI is InChI=1S/C10H11NO4/c1-6(5-11)4-7-8(12)14-10(2,3)15-9(7)13/h4,12H,1-3H3. The van der Waals surface area contributed by atoms with Gasteiger partial charge in [-0.05, 0) is 13.0 Å². The van der Waals surface area contributed by atoms with Gasteiger partial charge in [0.1, 0.15) is 5.57 Å². The molecule has 80 valence electrons. The van der Waals surface area contributed by atoms with Crippen LogP contribution in [0, 0.1) is 11.3 Å². The van der Waals surface area contributed by atoms with Gasteiger partial charge in [-0.25, -0.2) is 4.79 Å². The van der Waals surface area contributed by atoms with Crippen LogP contribution in [0.3, 0.4) is 0 Å². The predicted molar refractivity (Wildman–Crippen MR) is 50.3 cm³/mol. The Balaban J connectivity index is 3.09. The Morgan fingerprint density at radius 2 is 2.13 bits per heavy atom. The Kier molecular flexibility index (Phi) is 2.71. The lowest BCUT2D eigenvalue weighted by Gasteiger charge is -2.29. The second kappa shape index (κ2) is 3.65. The molecule has 0 unspecified atom stereocenters. The van der Waals surface area contributed by atoms with Crippen molar-refractivity contribution in [2.45, 2.75) is 26.6 Å². The molecule has 15 heavy (non-hydrogen) atoms. The van der Waals surface area contributed by atoms with Crippen molar-refractivity contribution in [1.82, 2.24) is 0 Å². The molecule has 1 aliphatic heterocycles. The summed E-state index contributed by atoms with van der Waals surface area (Å²) in [7, 11) is 0. The molecule has 0 aromatic rings. The molecular formula is C10H11NO4. The molecule has 0 amide bonds. The number of nitriles is 1. The van der Waals surface area contributed by atoms with Crippen molar-refractivity contribution in [1.29, 1.82) is 5.26 Å². The highest BCUT2D eigenvalue weighted by Crippen LogP contribution is 2.26. The van der Waals surface area contributed by atoms with E-state index in [1.165, 1.54) is 26.8 Å². The Labute approximate surface area is 87.2 Å². The number of nitrogens with zero attached hydrogens (tertiary/aromatic N) is 1. The zero-order valence-corrected chi connectivity index (χ0v) is 8.70. The topological polar surface area (TPSA) is 79.6 Å². The first-order valence-corrected chi connectivity index (χ1v) is 4.30. The number of rotatable bonds is 1. The van der Waals surface area contributed by atoms with Crippen LogP contribution in [0.1, 0.15) is 20.8 Å². The molecule has 0 atom stereocenters.